The molecule has 0 aromatic carbocycles. The summed E-state index contributed by atoms with van der Waals surface area (Å²) < 4.78 is 1.96. The Morgan fingerprint density at radius 2 is 2.05 bits per heavy atom. The molecule has 2 N–H and O–H groups in total. The molecule has 7 nitrogen and oxygen atoms in total. The molecule has 20 heavy (non-hydrogen) atoms. The van der Waals surface area contributed by atoms with Crippen molar-refractivity contribution in [3.05, 3.63) is 28.7 Å². The summed E-state index contributed by atoms with van der Waals surface area (Å²) in [5.74, 6) is -1.86. The summed E-state index contributed by atoms with van der Waals surface area (Å²) in [4.78, 5) is 34.8. The molecule has 1 saturated heterocycles. The van der Waals surface area contributed by atoms with E-state index < -0.39 is 24.5 Å². The molecular weight excluding hydrogens is 262 g/mol. The van der Waals surface area contributed by atoms with Crippen LogP contribution in [0.2, 0.25) is 0 Å². The molecule has 0 bridgehead atoms. The standard InChI is InChI=1S/C13H15N3O4/c1-7-4-9(8(2)15(7)3)5-10-12(19)16(6-11(17)18)13(20)14-10/h4-5H,6H2,1-3H3,(H,14,20)(H,17,18)/b10-5+. The molecule has 1 fully saturated rings. The predicted octanol–water partition coefficient (Wildman–Crippen LogP) is 0.619. The number of aliphatic carboxylic acids is 1. The van der Waals surface area contributed by atoms with Gasteiger partial charge in [0.25, 0.3) is 5.91 Å². The van der Waals surface area contributed by atoms with E-state index in [1.54, 1.807) is 6.08 Å². The highest BCUT2D eigenvalue weighted by molar-refractivity contribution is 6.15. The van der Waals surface area contributed by atoms with E-state index in [0.717, 1.165) is 17.0 Å². The van der Waals surface area contributed by atoms with Gasteiger partial charge in [-0.25, -0.2) is 9.69 Å². The minimum Gasteiger partial charge on any atom is -0.480 e. The van der Waals surface area contributed by atoms with Crippen LogP contribution in [0.3, 0.4) is 0 Å². The van der Waals surface area contributed by atoms with Gasteiger partial charge in [-0.2, -0.15) is 0 Å². The van der Waals surface area contributed by atoms with Crippen molar-refractivity contribution in [2.45, 2.75) is 13.8 Å². The number of amides is 3. The van der Waals surface area contributed by atoms with E-state index in [9.17, 15) is 14.4 Å². The Bertz CT molecular complexity index is 642. The number of urea groups is 1. The summed E-state index contributed by atoms with van der Waals surface area (Å²) in [6.45, 7) is 3.19. The maximum atomic E-state index is 12.0. The van der Waals surface area contributed by atoms with Crippen molar-refractivity contribution in [2.24, 2.45) is 7.05 Å². The molecule has 1 aromatic rings. The molecule has 0 radical (unpaired) electrons. The van der Waals surface area contributed by atoms with Crippen LogP contribution in [0.25, 0.3) is 6.08 Å². The number of rotatable bonds is 3. The SMILES string of the molecule is Cc1cc(/C=C2/NC(=O)N(CC(=O)O)C2=O)c(C)n1C. The number of imide groups is 1. The maximum absolute atomic E-state index is 12.0. The topological polar surface area (TPSA) is 91.6 Å². The van der Waals surface area contributed by atoms with Gasteiger partial charge in [0.15, 0.2) is 0 Å². The highest BCUT2D eigenvalue weighted by Gasteiger charge is 2.34. The molecule has 106 valence electrons. The van der Waals surface area contributed by atoms with E-state index in [4.69, 9.17) is 5.11 Å². The lowest BCUT2D eigenvalue weighted by atomic mass is 10.2. The van der Waals surface area contributed by atoms with Crippen molar-refractivity contribution in [2.75, 3.05) is 6.54 Å². The average Bonchev–Trinajstić information content (AvgIpc) is 2.75. The molecule has 0 spiro atoms. The molecule has 1 aliphatic heterocycles. The van der Waals surface area contributed by atoms with Gasteiger partial charge < -0.3 is 15.0 Å². The highest BCUT2D eigenvalue weighted by Crippen LogP contribution is 2.19. The first-order valence-corrected chi connectivity index (χ1v) is 6.00. The number of hydrogen-bond donors (Lipinski definition) is 2. The molecular formula is C13H15N3O4. The number of carboxylic acids is 1. The van der Waals surface area contributed by atoms with Gasteiger partial charge in [-0.1, -0.05) is 0 Å². The highest BCUT2D eigenvalue weighted by atomic mass is 16.4. The summed E-state index contributed by atoms with van der Waals surface area (Å²) in [5, 5.41) is 11.1. The zero-order valence-corrected chi connectivity index (χ0v) is 11.4. The Morgan fingerprint density at radius 1 is 1.40 bits per heavy atom. The van der Waals surface area contributed by atoms with E-state index in [0.29, 0.717) is 4.90 Å². The molecule has 1 aliphatic rings. The van der Waals surface area contributed by atoms with Crippen molar-refractivity contribution < 1.29 is 19.5 Å². The zero-order valence-electron chi connectivity index (χ0n) is 11.4. The number of nitrogens with zero attached hydrogens (tertiary/aromatic N) is 2. The molecule has 7 heteroatoms. The van der Waals surface area contributed by atoms with Crippen molar-refractivity contribution in [1.82, 2.24) is 14.8 Å². The van der Waals surface area contributed by atoms with Gasteiger partial charge >= 0.3 is 12.0 Å². The van der Waals surface area contributed by atoms with Crippen molar-refractivity contribution in [3.8, 4) is 0 Å². The molecule has 0 atom stereocenters. The Hall–Kier alpha value is -2.57. The van der Waals surface area contributed by atoms with E-state index in [2.05, 4.69) is 5.32 Å². The quantitative estimate of drug-likeness (QED) is 0.626. The van der Waals surface area contributed by atoms with Crippen LogP contribution in [0.15, 0.2) is 11.8 Å². The van der Waals surface area contributed by atoms with E-state index >= 15 is 0 Å². The number of aromatic nitrogens is 1. The number of hydrogen-bond acceptors (Lipinski definition) is 3. The van der Waals surface area contributed by atoms with Crippen molar-refractivity contribution in [1.29, 1.82) is 0 Å². The van der Waals surface area contributed by atoms with Crippen molar-refractivity contribution >= 4 is 24.0 Å². The fourth-order valence-corrected chi connectivity index (χ4v) is 2.04. The first-order chi connectivity index (χ1) is 9.31. The van der Waals surface area contributed by atoms with Gasteiger partial charge in [0.2, 0.25) is 0 Å². The molecule has 2 heterocycles. The second-order valence-corrected chi connectivity index (χ2v) is 4.66. The third kappa shape index (κ3) is 2.29. The summed E-state index contributed by atoms with van der Waals surface area (Å²) in [6, 6.07) is 1.18. The fourth-order valence-electron chi connectivity index (χ4n) is 2.04. The Labute approximate surface area is 115 Å². The molecule has 0 aliphatic carbocycles. The number of carbonyl (C=O) groups excluding carboxylic acids is 2. The summed E-state index contributed by atoms with van der Waals surface area (Å²) in [7, 11) is 1.90. The van der Waals surface area contributed by atoms with Crippen LogP contribution in [0.1, 0.15) is 17.0 Å². The first-order valence-electron chi connectivity index (χ1n) is 6.00. The maximum Gasteiger partial charge on any atom is 0.329 e. The zero-order chi connectivity index (χ0) is 15.0. The average molecular weight is 277 g/mol. The van der Waals surface area contributed by atoms with E-state index in [-0.39, 0.29) is 5.70 Å². The van der Waals surface area contributed by atoms with Crippen LogP contribution < -0.4 is 5.32 Å². The fraction of sp³-hybridized carbons (Fsp3) is 0.308. The molecule has 1 aromatic heterocycles. The minimum atomic E-state index is -1.23. The Morgan fingerprint density at radius 3 is 2.55 bits per heavy atom. The molecule has 0 unspecified atom stereocenters. The summed E-state index contributed by atoms with van der Waals surface area (Å²) >= 11 is 0. The molecule has 3 amide bonds. The van der Waals surface area contributed by atoms with Crippen LogP contribution in [0.5, 0.6) is 0 Å². The summed E-state index contributed by atoms with van der Waals surface area (Å²) in [5.41, 5.74) is 2.87. The van der Waals surface area contributed by atoms with Crippen LogP contribution in [0.4, 0.5) is 4.79 Å². The smallest absolute Gasteiger partial charge is 0.329 e. The molecule has 2 rings (SSSR count). The van der Waals surface area contributed by atoms with Crippen molar-refractivity contribution in [3.63, 3.8) is 0 Å². The van der Waals surface area contributed by atoms with Crippen LogP contribution in [0, 0.1) is 13.8 Å². The van der Waals surface area contributed by atoms with Crippen LogP contribution in [-0.2, 0) is 16.6 Å². The lowest BCUT2D eigenvalue weighted by molar-refractivity contribution is -0.140. The Kier molecular flexibility index (Phi) is 3.35. The number of aryl methyl sites for hydroxylation is 1. The van der Waals surface area contributed by atoms with E-state index in [1.165, 1.54) is 0 Å². The monoisotopic (exact) mass is 277 g/mol. The minimum absolute atomic E-state index is 0.0879. The Balaban J connectivity index is 2.32. The van der Waals surface area contributed by atoms with E-state index in [1.807, 2.05) is 31.5 Å². The van der Waals surface area contributed by atoms with Gasteiger partial charge in [-0.15, -0.1) is 0 Å². The second-order valence-electron chi connectivity index (χ2n) is 4.66. The van der Waals surface area contributed by atoms with Gasteiger partial charge in [-0.3, -0.25) is 9.59 Å². The van der Waals surface area contributed by atoms with Gasteiger partial charge in [0.05, 0.1) is 0 Å². The van der Waals surface area contributed by atoms with Gasteiger partial charge in [-0.05, 0) is 31.6 Å². The predicted molar refractivity (Wildman–Crippen MR) is 70.7 cm³/mol. The first kappa shape index (κ1) is 13.9. The van der Waals surface area contributed by atoms with Crippen LogP contribution >= 0.6 is 0 Å². The molecule has 0 saturated carbocycles. The third-order valence-electron chi connectivity index (χ3n) is 3.37. The van der Waals surface area contributed by atoms with Crippen LogP contribution in [-0.4, -0.2) is 39.0 Å². The van der Waals surface area contributed by atoms with Gasteiger partial charge in [0.1, 0.15) is 12.2 Å². The largest absolute Gasteiger partial charge is 0.480 e. The third-order valence-corrected chi connectivity index (χ3v) is 3.37. The number of carbonyl (C=O) groups is 3. The normalized spacial score (nSPS) is 16.9. The lowest BCUT2D eigenvalue weighted by Crippen LogP contribution is -2.35. The second kappa shape index (κ2) is 4.84. The number of nitrogens with one attached hydrogen (secondary N) is 1. The number of carboxylic acid groups (broad SMARTS) is 1. The van der Waals surface area contributed by atoms with Gasteiger partial charge in [0, 0.05) is 18.4 Å². The lowest BCUT2D eigenvalue weighted by Gasteiger charge is -2.06. The summed E-state index contributed by atoms with van der Waals surface area (Å²) in [6.07, 6.45) is 1.56.